The lowest BCUT2D eigenvalue weighted by Crippen LogP contribution is -2.01. The average molecular weight is 219 g/mol. The number of rotatable bonds is 6. The number of allylic oxidation sites excluding steroid dienone is 2. The molecule has 0 aliphatic heterocycles. The first-order valence-electron chi connectivity index (χ1n) is 4.94. The molecule has 0 aromatic heterocycles. The third kappa shape index (κ3) is 6.19. The second-order valence-corrected chi connectivity index (χ2v) is 3.78. The van der Waals surface area contributed by atoms with Crippen LogP contribution in [0.4, 0.5) is 0 Å². The molecule has 0 radical (unpaired) electrons. The fourth-order valence-corrected chi connectivity index (χ4v) is 1.14. The van der Waals surface area contributed by atoms with Crippen LogP contribution < -0.4 is 0 Å². The van der Waals surface area contributed by atoms with Crippen molar-refractivity contribution in [1.29, 1.82) is 0 Å². The summed E-state index contributed by atoms with van der Waals surface area (Å²) in [6.07, 6.45) is 6.74. The molecule has 82 valence electrons. The molecule has 0 fully saturated rings. The van der Waals surface area contributed by atoms with Crippen LogP contribution in [0.1, 0.15) is 26.7 Å². The number of hydrogen-bond acceptors (Lipinski definition) is 2. The summed E-state index contributed by atoms with van der Waals surface area (Å²) in [6.45, 7) is 3.85. The van der Waals surface area contributed by atoms with Crippen LogP contribution in [0.25, 0.3) is 0 Å². The summed E-state index contributed by atoms with van der Waals surface area (Å²) in [5.41, 5.74) is 0. The van der Waals surface area contributed by atoms with Crippen molar-refractivity contribution in [3.8, 4) is 0 Å². The molecule has 3 heteroatoms. The van der Waals surface area contributed by atoms with E-state index in [1.54, 1.807) is 19.1 Å². The Balaban J connectivity index is 4.07. The van der Waals surface area contributed by atoms with E-state index in [-0.39, 0.29) is 12.5 Å². The predicted octanol–water partition coefficient (Wildman–Crippen LogP) is 2.45. The van der Waals surface area contributed by atoms with Crippen LogP contribution in [0, 0.1) is 5.92 Å². The van der Waals surface area contributed by atoms with Gasteiger partial charge in [0.05, 0.1) is 6.10 Å². The molecule has 0 saturated heterocycles. The molecule has 0 bridgehead atoms. The van der Waals surface area contributed by atoms with Crippen molar-refractivity contribution in [2.75, 3.05) is 6.61 Å². The lowest BCUT2D eigenvalue weighted by Gasteiger charge is -2.05. The first-order valence-corrected chi connectivity index (χ1v) is 5.32. The summed E-state index contributed by atoms with van der Waals surface area (Å²) in [5.74, 6) is 0.190. The van der Waals surface area contributed by atoms with Gasteiger partial charge >= 0.3 is 0 Å². The quantitative estimate of drug-likeness (QED) is 0.673. The van der Waals surface area contributed by atoms with Crippen molar-refractivity contribution in [2.45, 2.75) is 32.8 Å². The van der Waals surface area contributed by atoms with Gasteiger partial charge < -0.3 is 10.2 Å². The van der Waals surface area contributed by atoms with Gasteiger partial charge in [0.25, 0.3) is 0 Å². The third-order valence-corrected chi connectivity index (χ3v) is 2.37. The van der Waals surface area contributed by atoms with Gasteiger partial charge in [-0.25, -0.2) is 0 Å². The normalized spacial score (nSPS) is 17.4. The maximum absolute atomic E-state index is 9.06. The van der Waals surface area contributed by atoms with Crippen LogP contribution in [-0.2, 0) is 0 Å². The van der Waals surface area contributed by atoms with E-state index in [1.807, 2.05) is 6.08 Å². The smallest absolute Gasteiger partial charge is 0.0867 e. The predicted molar refractivity (Wildman–Crippen MR) is 60.2 cm³/mol. The van der Waals surface area contributed by atoms with Gasteiger partial charge in [-0.15, -0.1) is 0 Å². The Labute approximate surface area is 90.9 Å². The first kappa shape index (κ1) is 13.7. The van der Waals surface area contributed by atoms with E-state index in [0.29, 0.717) is 5.03 Å². The second kappa shape index (κ2) is 8.04. The van der Waals surface area contributed by atoms with Gasteiger partial charge in [-0.1, -0.05) is 37.1 Å². The zero-order valence-electron chi connectivity index (χ0n) is 8.78. The van der Waals surface area contributed by atoms with Gasteiger partial charge in [0, 0.05) is 17.6 Å². The van der Waals surface area contributed by atoms with E-state index >= 15 is 0 Å². The van der Waals surface area contributed by atoms with Gasteiger partial charge in [-0.05, 0) is 19.4 Å². The fourth-order valence-electron chi connectivity index (χ4n) is 1.06. The van der Waals surface area contributed by atoms with Crippen molar-refractivity contribution >= 4 is 11.6 Å². The SMILES string of the molecule is CCC[C@@H](/C=C/C=C(\Cl)[C@H](C)O)CO. The minimum Gasteiger partial charge on any atom is -0.396 e. The highest BCUT2D eigenvalue weighted by Crippen LogP contribution is 2.10. The van der Waals surface area contributed by atoms with Gasteiger partial charge in [-0.3, -0.25) is 0 Å². The molecular formula is C11H19ClO2. The lowest BCUT2D eigenvalue weighted by atomic mass is 10.0. The number of halogens is 1. The molecule has 2 N–H and O–H groups in total. The van der Waals surface area contributed by atoms with Crippen LogP contribution in [0.5, 0.6) is 0 Å². The molecule has 0 heterocycles. The Hall–Kier alpha value is -0.310. The van der Waals surface area contributed by atoms with Gasteiger partial charge in [-0.2, -0.15) is 0 Å². The zero-order chi connectivity index (χ0) is 11.0. The average Bonchev–Trinajstić information content (AvgIpc) is 2.16. The summed E-state index contributed by atoms with van der Waals surface area (Å²) < 4.78 is 0. The van der Waals surface area contributed by atoms with E-state index in [1.165, 1.54) is 0 Å². The van der Waals surface area contributed by atoms with Crippen molar-refractivity contribution in [2.24, 2.45) is 5.92 Å². The van der Waals surface area contributed by atoms with Gasteiger partial charge in [0.15, 0.2) is 0 Å². The molecule has 0 spiro atoms. The highest BCUT2D eigenvalue weighted by Gasteiger charge is 2.00. The zero-order valence-corrected chi connectivity index (χ0v) is 9.54. The minimum atomic E-state index is -0.625. The maximum atomic E-state index is 9.06. The molecule has 0 amide bonds. The van der Waals surface area contributed by atoms with Crippen molar-refractivity contribution < 1.29 is 10.2 Å². The standard InChI is InChI=1S/C11H19ClO2/c1-3-5-10(8-13)6-4-7-11(12)9(2)14/h4,6-7,9-10,13-14H,3,5,8H2,1-2H3/b6-4+,11-7-/t9-,10-/m0/s1. The van der Waals surface area contributed by atoms with E-state index in [0.717, 1.165) is 12.8 Å². The molecule has 0 aromatic rings. The maximum Gasteiger partial charge on any atom is 0.0867 e. The van der Waals surface area contributed by atoms with Crippen LogP contribution in [-0.4, -0.2) is 22.9 Å². The Morgan fingerprint density at radius 2 is 2.14 bits per heavy atom. The molecule has 2 nitrogen and oxygen atoms in total. The molecule has 0 rings (SSSR count). The van der Waals surface area contributed by atoms with Crippen molar-refractivity contribution in [3.05, 3.63) is 23.3 Å². The van der Waals surface area contributed by atoms with Gasteiger partial charge in [0.2, 0.25) is 0 Å². The molecule has 2 atom stereocenters. The largest absolute Gasteiger partial charge is 0.396 e. The summed E-state index contributed by atoms with van der Waals surface area (Å²) in [6, 6.07) is 0. The van der Waals surface area contributed by atoms with E-state index in [9.17, 15) is 0 Å². The van der Waals surface area contributed by atoms with Crippen LogP contribution in [0.15, 0.2) is 23.3 Å². The molecule has 0 aliphatic rings. The van der Waals surface area contributed by atoms with E-state index in [4.69, 9.17) is 21.8 Å². The molecule has 0 saturated carbocycles. The Morgan fingerprint density at radius 1 is 1.50 bits per heavy atom. The minimum absolute atomic E-state index is 0.157. The summed E-state index contributed by atoms with van der Waals surface area (Å²) in [5, 5.41) is 18.5. The van der Waals surface area contributed by atoms with Crippen molar-refractivity contribution in [1.82, 2.24) is 0 Å². The monoisotopic (exact) mass is 218 g/mol. The Bertz CT molecular complexity index is 197. The topological polar surface area (TPSA) is 40.5 Å². The number of aliphatic hydroxyl groups excluding tert-OH is 2. The number of aliphatic hydroxyl groups is 2. The highest BCUT2D eigenvalue weighted by atomic mass is 35.5. The van der Waals surface area contributed by atoms with Crippen LogP contribution >= 0.6 is 11.6 Å². The fraction of sp³-hybridized carbons (Fsp3) is 0.636. The molecular weight excluding hydrogens is 200 g/mol. The number of hydrogen-bond donors (Lipinski definition) is 2. The Morgan fingerprint density at radius 3 is 2.57 bits per heavy atom. The molecule has 0 aromatic carbocycles. The lowest BCUT2D eigenvalue weighted by molar-refractivity contribution is 0.239. The van der Waals surface area contributed by atoms with E-state index in [2.05, 4.69) is 6.92 Å². The molecule has 0 unspecified atom stereocenters. The van der Waals surface area contributed by atoms with Gasteiger partial charge in [0.1, 0.15) is 0 Å². The second-order valence-electron chi connectivity index (χ2n) is 3.34. The Kier molecular flexibility index (Phi) is 7.86. The third-order valence-electron chi connectivity index (χ3n) is 1.93. The van der Waals surface area contributed by atoms with Crippen LogP contribution in [0.3, 0.4) is 0 Å². The molecule has 0 aliphatic carbocycles. The summed E-state index contributed by atoms with van der Waals surface area (Å²) >= 11 is 5.72. The van der Waals surface area contributed by atoms with E-state index < -0.39 is 6.10 Å². The molecule has 14 heavy (non-hydrogen) atoms. The first-order chi connectivity index (χ1) is 6.61. The van der Waals surface area contributed by atoms with Crippen molar-refractivity contribution in [3.63, 3.8) is 0 Å². The highest BCUT2D eigenvalue weighted by molar-refractivity contribution is 6.30. The summed E-state index contributed by atoms with van der Waals surface area (Å²) in [7, 11) is 0. The van der Waals surface area contributed by atoms with Crippen LogP contribution in [0.2, 0.25) is 0 Å². The summed E-state index contributed by atoms with van der Waals surface area (Å²) in [4.78, 5) is 0.